The first-order chi connectivity index (χ1) is 8.63. The number of benzene rings is 1. The Bertz CT molecular complexity index is 453. The summed E-state index contributed by atoms with van der Waals surface area (Å²) in [4.78, 5) is 12.0. The Kier molecular flexibility index (Phi) is 3.76. The maximum absolute atomic E-state index is 13.5. The lowest BCUT2D eigenvalue weighted by Crippen LogP contribution is -2.21. The Morgan fingerprint density at radius 1 is 1.56 bits per heavy atom. The van der Waals surface area contributed by atoms with Gasteiger partial charge >= 0.3 is 5.69 Å². The van der Waals surface area contributed by atoms with Crippen LogP contribution in [0.1, 0.15) is 12.8 Å². The predicted molar refractivity (Wildman–Crippen MR) is 65.1 cm³/mol. The van der Waals surface area contributed by atoms with Crippen LogP contribution in [0.2, 0.25) is 0 Å². The highest BCUT2D eigenvalue weighted by Gasteiger charge is 2.29. The molecule has 0 aromatic heterocycles. The van der Waals surface area contributed by atoms with E-state index < -0.39 is 16.4 Å². The van der Waals surface area contributed by atoms with Crippen molar-refractivity contribution in [3.8, 4) is 0 Å². The number of aliphatic hydroxyl groups excluding tert-OH is 1. The van der Waals surface area contributed by atoms with E-state index in [9.17, 15) is 14.5 Å². The first-order valence-electron chi connectivity index (χ1n) is 5.92. The van der Waals surface area contributed by atoms with Crippen LogP contribution in [0.3, 0.4) is 0 Å². The molecule has 1 N–H and O–H groups in total. The third-order valence-corrected chi connectivity index (χ3v) is 3.31. The minimum absolute atomic E-state index is 0.115. The van der Waals surface area contributed by atoms with Gasteiger partial charge in [0.05, 0.1) is 4.92 Å². The van der Waals surface area contributed by atoms with Gasteiger partial charge in [-0.25, -0.2) is 0 Å². The highest BCUT2D eigenvalue weighted by Crippen LogP contribution is 2.34. The summed E-state index contributed by atoms with van der Waals surface area (Å²) in [6.45, 7) is 1.41. The normalized spacial score (nSPS) is 19.2. The molecule has 0 bridgehead atoms. The molecule has 1 heterocycles. The second-order valence-electron chi connectivity index (χ2n) is 4.48. The summed E-state index contributed by atoms with van der Waals surface area (Å²) in [6.07, 6.45) is 1.55. The topological polar surface area (TPSA) is 66.6 Å². The molecule has 1 fully saturated rings. The van der Waals surface area contributed by atoms with Crippen molar-refractivity contribution in [3.63, 3.8) is 0 Å². The minimum Gasteiger partial charge on any atom is -0.396 e. The van der Waals surface area contributed by atoms with Gasteiger partial charge in [-0.1, -0.05) is 6.07 Å². The molecule has 1 atom stereocenters. The van der Waals surface area contributed by atoms with Gasteiger partial charge < -0.3 is 10.0 Å². The van der Waals surface area contributed by atoms with Crippen molar-refractivity contribution in [2.24, 2.45) is 5.92 Å². The van der Waals surface area contributed by atoms with Crippen LogP contribution in [-0.4, -0.2) is 29.7 Å². The number of hydrogen-bond acceptors (Lipinski definition) is 4. The van der Waals surface area contributed by atoms with E-state index in [2.05, 4.69) is 0 Å². The van der Waals surface area contributed by atoms with Gasteiger partial charge in [0, 0.05) is 19.7 Å². The molecule has 0 aliphatic carbocycles. The smallest absolute Gasteiger partial charge is 0.327 e. The Balaban J connectivity index is 2.24. The second-order valence-corrected chi connectivity index (χ2v) is 4.48. The van der Waals surface area contributed by atoms with Crippen LogP contribution in [0.15, 0.2) is 18.2 Å². The molecule has 2 rings (SSSR count). The van der Waals surface area contributed by atoms with E-state index in [0.29, 0.717) is 31.1 Å². The number of nitro benzene ring substituents is 1. The zero-order valence-electron chi connectivity index (χ0n) is 9.88. The lowest BCUT2D eigenvalue weighted by Gasteiger charge is -2.18. The number of rotatable bonds is 4. The van der Waals surface area contributed by atoms with Gasteiger partial charge in [-0.3, -0.25) is 10.1 Å². The molecule has 1 aliphatic heterocycles. The van der Waals surface area contributed by atoms with Gasteiger partial charge in [0.15, 0.2) is 0 Å². The molecule has 1 aliphatic rings. The summed E-state index contributed by atoms with van der Waals surface area (Å²) in [7, 11) is 0. The van der Waals surface area contributed by atoms with Crippen molar-refractivity contribution < 1.29 is 14.4 Å². The van der Waals surface area contributed by atoms with Crippen LogP contribution < -0.4 is 4.90 Å². The number of para-hydroxylation sites is 1. The molecule has 18 heavy (non-hydrogen) atoms. The molecule has 0 spiro atoms. The van der Waals surface area contributed by atoms with E-state index >= 15 is 0 Å². The second kappa shape index (κ2) is 5.30. The highest BCUT2D eigenvalue weighted by molar-refractivity contribution is 5.64. The number of aliphatic hydroxyl groups is 1. The third kappa shape index (κ3) is 2.43. The van der Waals surface area contributed by atoms with Crippen LogP contribution in [0.25, 0.3) is 0 Å². The van der Waals surface area contributed by atoms with Gasteiger partial charge in [-0.05, 0) is 30.9 Å². The Labute approximate surface area is 104 Å². The largest absolute Gasteiger partial charge is 0.396 e. The number of nitrogens with zero attached hydrogens (tertiary/aromatic N) is 2. The van der Waals surface area contributed by atoms with E-state index in [4.69, 9.17) is 5.11 Å². The lowest BCUT2D eigenvalue weighted by molar-refractivity contribution is -0.386. The average Bonchev–Trinajstić information content (AvgIpc) is 2.77. The number of halogens is 1. The third-order valence-electron chi connectivity index (χ3n) is 3.31. The highest BCUT2D eigenvalue weighted by atomic mass is 19.1. The minimum atomic E-state index is -0.803. The summed E-state index contributed by atoms with van der Waals surface area (Å²) < 4.78 is 13.5. The first kappa shape index (κ1) is 12.8. The van der Waals surface area contributed by atoms with Crippen LogP contribution in [-0.2, 0) is 0 Å². The van der Waals surface area contributed by atoms with E-state index in [1.165, 1.54) is 6.07 Å². The number of anilines is 1. The molecular weight excluding hydrogens is 239 g/mol. The molecule has 5 nitrogen and oxygen atoms in total. The van der Waals surface area contributed by atoms with E-state index in [-0.39, 0.29) is 6.61 Å². The van der Waals surface area contributed by atoms with Crippen LogP contribution in [0, 0.1) is 21.8 Å². The quantitative estimate of drug-likeness (QED) is 0.658. The zero-order valence-corrected chi connectivity index (χ0v) is 9.88. The summed E-state index contributed by atoms with van der Waals surface area (Å²) in [6, 6.07) is 4.16. The maximum atomic E-state index is 13.5. The molecule has 1 saturated heterocycles. The molecular formula is C12H15FN2O3. The molecule has 1 aromatic rings. The van der Waals surface area contributed by atoms with Crippen molar-refractivity contribution in [3.05, 3.63) is 34.1 Å². The van der Waals surface area contributed by atoms with Gasteiger partial charge in [-0.2, -0.15) is 4.39 Å². The molecule has 0 saturated carbocycles. The van der Waals surface area contributed by atoms with Gasteiger partial charge in [-0.15, -0.1) is 0 Å². The fraction of sp³-hybridized carbons (Fsp3) is 0.500. The van der Waals surface area contributed by atoms with E-state index in [0.717, 1.165) is 12.5 Å². The fourth-order valence-electron chi connectivity index (χ4n) is 2.41. The first-order valence-corrected chi connectivity index (χ1v) is 5.92. The molecule has 6 heteroatoms. The monoisotopic (exact) mass is 254 g/mol. The fourth-order valence-corrected chi connectivity index (χ4v) is 2.41. The van der Waals surface area contributed by atoms with Crippen molar-refractivity contribution >= 4 is 11.4 Å². The average molecular weight is 254 g/mol. The SMILES string of the molecule is O=[N+]([O-])c1c(F)cccc1N1CCC(CCO)C1. The number of hydrogen-bond donors (Lipinski definition) is 1. The standard InChI is InChI=1S/C12H15FN2O3/c13-10-2-1-3-11(12(10)15(17)18)14-6-4-9(8-14)5-7-16/h1-3,9,16H,4-8H2. The molecule has 1 aromatic carbocycles. The zero-order chi connectivity index (χ0) is 13.1. The van der Waals surface area contributed by atoms with Crippen LogP contribution in [0.5, 0.6) is 0 Å². The summed E-state index contributed by atoms with van der Waals surface area (Å²) in [5.41, 5.74) is -0.123. The van der Waals surface area contributed by atoms with E-state index in [1.807, 2.05) is 4.90 Å². The van der Waals surface area contributed by atoms with Crippen LogP contribution >= 0.6 is 0 Å². The van der Waals surface area contributed by atoms with Crippen molar-refractivity contribution in [2.45, 2.75) is 12.8 Å². The van der Waals surface area contributed by atoms with Crippen molar-refractivity contribution in [1.29, 1.82) is 0 Å². The summed E-state index contributed by atoms with van der Waals surface area (Å²) in [5.74, 6) is -0.485. The van der Waals surface area contributed by atoms with E-state index in [1.54, 1.807) is 6.07 Å². The lowest BCUT2D eigenvalue weighted by atomic mass is 10.1. The molecule has 0 radical (unpaired) electrons. The van der Waals surface area contributed by atoms with Crippen molar-refractivity contribution in [1.82, 2.24) is 0 Å². The Morgan fingerprint density at radius 2 is 2.33 bits per heavy atom. The van der Waals surface area contributed by atoms with Crippen LogP contribution in [0.4, 0.5) is 15.8 Å². The molecule has 98 valence electrons. The van der Waals surface area contributed by atoms with Crippen molar-refractivity contribution in [2.75, 3.05) is 24.6 Å². The van der Waals surface area contributed by atoms with Gasteiger partial charge in [0.2, 0.25) is 5.82 Å². The number of nitro groups is 1. The predicted octanol–water partition coefficient (Wildman–Crippen LogP) is 1.94. The van der Waals surface area contributed by atoms with Gasteiger partial charge in [0.25, 0.3) is 0 Å². The summed E-state index contributed by atoms with van der Waals surface area (Å²) in [5, 5.41) is 19.8. The summed E-state index contributed by atoms with van der Waals surface area (Å²) >= 11 is 0. The Hall–Kier alpha value is -1.69. The Morgan fingerprint density at radius 3 is 3.00 bits per heavy atom. The molecule has 1 unspecified atom stereocenters. The molecule has 0 amide bonds. The maximum Gasteiger partial charge on any atom is 0.327 e. The van der Waals surface area contributed by atoms with Gasteiger partial charge in [0.1, 0.15) is 5.69 Å².